The second-order valence-corrected chi connectivity index (χ2v) is 11.9. The minimum absolute atomic E-state index is 0.359. The number of rotatable bonds is 5. The molecule has 1 heterocycles. The van der Waals surface area contributed by atoms with Gasteiger partial charge in [-0.05, 0) is 5.56 Å². The van der Waals surface area contributed by atoms with Crippen LogP contribution >= 0.6 is 0 Å². The highest BCUT2D eigenvalue weighted by atomic mass is 28.3. The van der Waals surface area contributed by atoms with Crippen LogP contribution in [0.1, 0.15) is 12.5 Å². The molecule has 2 rings (SSSR count). The fraction of sp³-hybridized carbons (Fsp3) is 0.600. The normalized spacial score (nSPS) is 18.4. The summed E-state index contributed by atoms with van der Waals surface area (Å²) in [7, 11) is -1.15. The zero-order valence-electron chi connectivity index (χ0n) is 12.0. The summed E-state index contributed by atoms with van der Waals surface area (Å²) in [5, 5.41) is 5.07. The molecule has 1 fully saturated rings. The van der Waals surface area contributed by atoms with Crippen LogP contribution in [0.25, 0.3) is 0 Å². The van der Waals surface area contributed by atoms with Crippen LogP contribution in [0.5, 0.6) is 0 Å². The summed E-state index contributed by atoms with van der Waals surface area (Å²) < 4.78 is 5.26. The monoisotopic (exact) mass is 263 g/mol. The molecule has 1 aromatic rings. The molecule has 1 N–H and O–H groups in total. The Morgan fingerprint density at radius 2 is 1.78 bits per heavy atom. The first kappa shape index (κ1) is 13.8. The Morgan fingerprint density at radius 1 is 1.17 bits per heavy atom. The summed E-state index contributed by atoms with van der Waals surface area (Å²) in [6.07, 6.45) is 0. The summed E-state index contributed by atoms with van der Waals surface area (Å²) in [5.41, 5.74) is 1.74. The number of ether oxygens (including phenoxy) is 1. The van der Waals surface area contributed by atoms with E-state index in [9.17, 15) is 0 Å². The SMILES string of the molecule is CC1(CNCc2ccc([Si](C)(C)C)cc2)COC1. The van der Waals surface area contributed by atoms with Crippen LogP contribution < -0.4 is 10.5 Å². The first-order valence-electron chi connectivity index (χ1n) is 6.77. The third-order valence-corrected chi connectivity index (χ3v) is 5.67. The highest BCUT2D eigenvalue weighted by Crippen LogP contribution is 2.25. The van der Waals surface area contributed by atoms with Crippen molar-refractivity contribution in [2.24, 2.45) is 5.41 Å². The summed E-state index contributed by atoms with van der Waals surface area (Å²) >= 11 is 0. The second-order valence-electron chi connectivity index (χ2n) is 6.85. The van der Waals surface area contributed by atoms with E-state index < -0.39 is 8.07 Å². The van der Waals surface area contributed by atoms with E-state index in [2.05, 4.69) is 56.1 Å². The predicted molar refractivity (Wildman–Crippen MR) is 80.1 cm³/mol. The number of hydrogen-bond acceptors (Lipinski definition) is 2. The Kier molecular flexibility index (Phi) is 3.95. The summed E-state index contributed by atoms with van der Waals surface area (Å²) in [6.45, 7) is 13.2. The molecule has 1 aromatic carbocycles. The van der Waals surface area contributed by atoms with Crippen LogP contribution in [-0.2, 0) is 11.3 Å². The van der Waals surface area contributed by atoms with Gasteiger partial charge in [0.2, 0.25) is 0 Å². The van der Waals surface area contributed by atoms with Gasteiger partial charge in [0.25, 0.3) is 0 Å². The van der Waals surface area contributed by atoms with Crippen molar-refractivity contribution < 1.29 is 4.74 Å². The van der Waals surface area contributed by atoms with E-state index in [1.807, 2.05) is 0 Å². The number of benzene rings is 1. The third kappa shape index (κ3) is 3.43. The summed E-state index contributed by atoms with van der Waals surface area (Å²) in [4.78, 5) is 0. The van der Waals surface area contributed by atoms with Gasteiger partial charge in [-0.3, -0.25) is 0 Å². The Hall–Kier alpha value is -0.643. The maximum atomic E-state index is 5.26. The molecule has 0 bridgehead atoms. The lowest BCUT2D eigenvalue weighted by Gasteiger charge is -2.38. The molecular weight excluding hydrogens is 238 g/mol. The quantitative estimate of drug-likeness (QED) is 0.824. The van der Waals surface area contributed by atoms with E-state index in [0.29, 0.717) is 5.41 Å². The van der Waals surface area contributed by atoms with Gasteiger partial charge in [-0.1, -0.05) is 56.0 Å². The average Bonchev–Trinajstić information content (AvgIpc) is 2.26. The Morgan fingerprint density at radius 3 is 2.22 bits per heavy atom. The fourth-order valence-electron chi connectivity index (χ4n) is 2.18. The molecule has 100 valence electrons. The number of nitrogens with one attached hydrogen (secondary N) is 1. The molecule has 0 aliphatic carbocycles. The lowest BCUT2D eigenvalue weighted by Crippen LogP contribution is -2.47. The van der Waals surface area contributed by atoms with Crippen molar-refractivity contribution >= 4 is 13.3 Å². The van der Waals surface area contributed by atoms with E-state index in [1.165, 1.54) is 10.8 Å². The maximum Gasteiger partial charge on any atom is 0.0775 e. The van der Waals surface area contributed by atoms with E-state index in [0.717, 1.165) is 26.3 Å². The van der Waals surface area contributed by atoms with Crippen LogP contribution in [-0.4, -0.2) is 27.8 Å². The first-order valence-corrected chi connectivity index (χ1v) is 10.3. The van der Waals surface area contributed by atoms with Gasteiger partial charge in [0, 0.05) is 18.5 Å². The standard InChI is InChI=1S/C15H25NOSi/c1-15(11-17-12-15)10-16-9-13-5-7-14(8-6-13)18(2,3)4/h5-8,16H,9-12H2,1-4H3. The zero-order chi connectivity index (χ0) is 13.2. The summed E-state index contributed by atoms with van der Waals surface area (Å²) in [6, 6.07) is 9.13. The van der Waals surface area contributed by atoms with Gasteiger partial charge in [-0.25, -0.2) is 0 Å². The van der Waals surface area contributed by atoms with Crippen LogP contribution in [0.4, 0.5) is 0 Å². The van der Waals surface area contributed by atoms with E-state index in [4.69, 9.17) is 4.74 Å². The van der Waals surface area contributed by atoms with Gasteiger partial charge in [0.05, 0.1) is 21.3 Å². The van der Waals surface area contributed by atoms with E-state index in [1.54, 1.807) is 0 Å². The van der Waals surface area contributed by atoms with Crippen LogP contribution in [0.2, 0.25) is 19.6 Å². The maximum absolute atomic E-state index is 5.26. The minimum atomic E-state index is -1.15. The second kappa shape index (κ2) is 5.15. The summed E-state index contributed by atoms with van der Waals surface area (Å²) in [5.74, 6) is 0. The van der Waals surface area contributed by atoms with Crippen molar-refractivity contribution in [3.8, 4) is 0 Å². The molecule has 18 heavy (non-hydrogen) atoms. The van der Waals surface area contributed by atoms with Crippen molar-refractivity contribution in [2.75, 3.05) is 19.8 Å². The van der Waals surface area contributed by atoms with Gasteiger partial charge >= 0.3 is 0 Å². The lowest BCUT2D eigenvalue weighted by molar-refractivity contribution is -0.0991. The fourth-order valence-corrected chi connectivity index (χ4v) is 3.35. The smallest absolute Gasteiger partial charge is 0.0775 e. The van der Waals surface area contributed by atoms with Crippen molar-refractivity contribution in [3.63, 3.8) is 0 Å². The van der Waals surface area contributed by atoms with Crippen molar-refractivity contribution in [2.45, 2.75) is 33.1 Å². The van der Waals surface area contributed by atoms with Crippen molar-refractivity contribution in [1.82, 2.24) is 5.32 Å². The number of hydrogen-bond donors (Lipinski definition) is 1. The molecule has 2 nitrogen and oxygen atoms in total. The highest BCUT2D eigenvalue weighted by molar-refractivity contribution is 6.88. The molecule has 3 heteroatoms. The van der Waals surface area contributed by atoms with E-state index in [-0.39, 0.29) is 0 Å². The third-order valence-electron chi connectivity index (χ3n) is 3.60. The largest absolute Gasteiger partial charge is 0.380 e. The van der Waals surface area contributed by atoms with Gasteiger partial charge in [0.15, 0.2) is 0 Å². The Bertz CT molecular complexity index is 390. The topological polar surface area (TPSA) is 21.3 Å². The van der Waals surface area contributed by atoms with Crippen LogP contribution in [0.15, 0.2) is 24.3 Å². The van der Waals surface area contributed by atoms with E-state index >= 15 is 0 Å². The zero-order valence-corrected chi connectivity index (χ0v) is 13.0. The van der Waals surface area contributed by atoms with Gasteiger partial charge in [-0.15, -0.1) is 0 Å². The van der Waals surface area contributed by atoms with Gasteiger partial charge in [0.1, 0.15) is 0 Å². The van der Waals surface area contributed by atoms with Crippen LogP contribution in [0.3, 0.4) is 0 Å². The highest BCUT2D eigenvalue weighted by Gasteiger charge is 2.32. The molecule has 0 spiro atoms. The molecule has 0 atom stereocenters. The Balaban J connectivity index is 1.83. The van der Waals surface area contributed by atoms with Crippen molar-refractivity contribution in [3.05, 3.63) is 29.8 Å². The Labute approximate surface area is 112 Å². The molecule has 0 saturated carbocycles. The van der Waals surface area contributed by atoms with Crippen LogP contribution in [0, 0.1) is 5.41 Å². The average molecular weight is 263 g/mol. The predicted octanol–water partition coefficient (Wildman–Crippen LogP) is 2.36. The van der Waals surface area contributed by atoms with Crippen molar-refractivity contribution in [1.29, 1.82) is 0 Å². The molecule has 0 unspecified atom stereocenters. The molecule has 1 saturated heterocycles. The molecule has 0 radical (unpaired) electrons. The first-order chi connectivity index (χ1) is 8.39. The molecule has 1 aliphatic rings. The molecule has 0 amide bonds. The van der Waals surface area contributed by atoms with Gasteiger partial charge in [-0.2, -0.15) is 0 Å². The van der Waals surface area contributed by atoms with Gasteiger partial charge < -0.3 is 10.1 Å². The molecule has 1 aliphatic heterocycles. The molecule has 0 aromatic heterocycles. The lowest BCUT2D eigenvalue weighted by atomic mass is 9.89. The molecular formula is C15H25NOSi. The minimum Gasteiger partial charge on any atom is -0.380 e.